The average molecular weight is 266 g/mol. The Hall–Kier alpha value is -1.24. The quantitative estimate of drug-likeness (QED) is 0.854. The van der Waals surface area contributed by atoms with Crippen LogP contribution in [0.1, 0.15) is 18.7 Å². The van der Waals surface area contributed by atoms with E-state index in [1.807, 2.05) is 16.8 Å². The van der Waals surface area contributed by atoms with Gasteiger partial charge in [-0.25, -0.2) is 0 Å². The Morgan fingerprint density at radius 3 is 2.89 bits per heavy atom. The number of aromatic nitrogens is 2. The van der Waals surface area contributed by atoms with Gasteiger partial charge < -0.3 is 14.0 Å². The Kier molecular flexibility index (Phi) is 3.15. The summed E-state index contributed by atoms with van der Waals surface area (Å²) in [7, 11) is 1.68. The van der Waals surface area contributed by atoms with E-state index < -0.39 is 5.60 Å². The summed E-state index contributed by atoms with van der Waals surface area (Å²) in [6, 6.07) is 1.97. The fourth-order valence-electron chi connectivity index (χ4n) is 2.12. The fraction of sp³-hybridized carbons (Fsp3) is 0.500. The third-order valence-corrected chi connectivity index (χ3v) is 3.97. The third kappa shape index (κ3) is 1.96. The van der Waals surface area contributed by atoms with Crippen LogP contribution in [0.4, 0.5) is 0 Å². The maximum absolute atomic E-state index is 5.62. The summed E-state index contributed by atoms with van der Waals surface area (Å²) in [6.45, 7) is 1.31. The minimum atomic E-state index is -0.487. The molecular weight excluding hydrogens is 252 g/mol. The Morgan fingerprint density at radius 2 is 2.22 bits per heavy atom. The molecule has 2 aromatic heterocycles. The van der Waals surface area contributed by atoms with Gasteiger partial charge in [-0.1, -0.05) is 5.16 Å². The van der Waals surface area contributed by atoms with Crippen LogP contribution < -0.4 is 0 Å². The largest absolute Gasteiger partial charge is 0.381 e. The number of ether oxygens (including phenoxy) is 2. The summed E-state index contributed by atoms with van der Waals surface area (Å²) in [5.74, 6) is 1.17. The van der Waals surface area contributed by atoms with Crippen molar-refractivity contribution in [3.8, 4) is 11.4 Å². The Balaban J connectivity index is 1.92. The lowest BCUT2D eigenvalue weighted by Crippen LogP contribution is -2.35. The van der Waals surface area contributed by atoms with Crippen molar-refractivity contribution in [3.63, 3.8) is 0 Å². The number of rotatable bonds is 3. The maximum atomic E-state index is 5.62. The van der Waals surface area contributed by atoms with Crippen molar-refractivity contribution in [3.05, 3.63) is 22.7 Å². The van der Waals surface area contributed by atoms with Gasteiger partial charge in [-0.05, 0) is 11.4 Å². The smallest absolute Gasteiger partial charge is 0.259 e. The van der Waals surface area contributed by atoms with Gasteiger partial charge >= 0.3 is 0 Å². The van der Waals surface area contributed by atoms with Gasteiger partial charge in [0.1, 0.15) is 0 Å². The maximum Gasteiger partial charge on any atom is 0.259 e. The molecule has 0 atom stereocenters. The zero-order valence-electron chi connectivity index (χ0n) is 10.1. The van der Waals surface area contributed by atoms with E-state index in [0.717, 1.165) is 18.4 Å². The highest BCUT2D eigenvalue weighted by Gasteiger charge is 2.40. The predicted molar refractivity (Wildman–Crippen MR) is 66.4 cm³/mol. The standard InChI is InChI=1S/C12H14N2O3S/c1-15-12(3-5-16-6-4-12)11-13-10(14-17-11)9-2-7-18-8-9/h2,7-8H,3-6H2,1H3. The predicted octanol–water partition coefficient (Wildman–Crippen LogP) is 2.45. The average Bonchev–Trinajstić information content (AvgIpc) is 3.10. The molecule has 0 amide bonds. The fourth-order valence-corrected chi connectivity index (χ4v) is 2.76. The summed E-state index contributed by atoms with van der Waals surface area (Å²) in [4.78, 5) is 4.47. The van der Waals surface area contributed by atoms with Crippen LogP contribution in [0.2, 0.25) is 0 Å². The monoisotopic (exact) mass is 266 g/mol. The normalized spacial score (nSPS) is 18.9. The van der Waals surface area contributed by atoms with Crippen LogP contribution in [0.3, 0.4) is 0 Å². The van der Waals surface area contributed by atoms with Crippen LogP contribution in [0, 0.1) is 0 Å². The van der Waals surface area contributed by atoms with Crippen molar-refractivity contribution in [2.75, 3.05) is 20.3 Å². The van der Waals surface area contributed by atoms with Crippen LogP contribution in [0.15, 0.2) is 21.3 Å². The molecule has 0 N–H and O–H groups in total. The molecule has 5 nitrogen and oxygen atoms in total. The van der Waals surface area contributed by atoms with Crippen LogP contribution in [-0.2, 0) is 15.1 Å². The summed E-state index contributed by atoms with van der Waals surface area (Å²) in [5.41, 5.74) is 0.493. The van der Waals surface area contributed by atoms with Gasteiger partial charge in [0.25, 0.3) is 5.89 Å². The van der Waals surface area contributed by atoms with Gasteiger partial charge in [-0.3, -0.25) is 0 Å². The molecule has 1 aliphatic rings. The molecule has 18 heavy (non-hydrogen) atoms. The van der Waals surface area contributed by atoms with E-state index in [-0.39, 0.29) is 0 Å². The molecule has 3 rings (SSSR count). The Labute approximate surface area is 109 Å². The second kappa shape index (κ2) is 4.79. The first-order chi connectivity index (χ1) is 8.84. The molecule has 1 saturated heterocycles. The summed E-state index contributed by atoms with van der Waals surface area (Å²) in [5, 5.41) is 8.02. The SMILES string of the molecule is COC1(c2nc(-c3ccsc3)no2)CCOCC1. The van der Waals surface area contributed by atoms with E-state index in [4.69, 9.17) is 14.0 Å². The van der Waals surface area contributed by atoms with E-state index in [9.17, 15) is 0 Å². The zero-order valence-corrected chi connectivity index (χ0v) is 10.9. The Morgan fingerprint density at radius 1 is 1.39 bits per heavy atom. The first-order valence-electron chi connectivity index (χ1n) is 5.84. The van der Waals surface area contributed by atoms with Crippen LogP contribution >= 0.6 is 11.3 Å². The topological polar surface area (TPSA) is 57.4 Å². The molecular formula is C12H14N2O3S. The van der Waals surface area contributed by atoms with E-state index in [2.05, 4.69) is 10.1 Å². The minimum absolute atomic E-state index is 0.487. The molecule has 0 spiro atoms. The lowest BCUT2D eigenvalue weighted by molar-refractivity contribution is -0.111. The number of thiophene rings is 1. The van der Waals surface area contributed by atoms with Gasteiger partial charge in [-0.2, -0.15) is 16.3 Å². The van der Waals surface area contributed by atoms with E-state index in [1.165, 1.54) is 0 Å². The van der Waals surface area contributed by atoms with Crippen molar-refractivity contribution in [1.29, 1.82) is 0 Å². The van der Waals surface area contributed by atoms with Crippen molar-refractivity contribution in [1.82, 2.24) is 10.1 Å². The molecule has 0 radical (unpaired) electrons. The molecule has 0 saturated carbocycles. The molecule has 96 valence electrons. The molecule has 0 aromatic carbocycles. The summed E-state index contributed by atoms with van der Waals surface area (Å²) < 4.78 is 16.4. The molecule has 3 heterocycles. The molecule has 0 bridgehead atoms. The number of nitrogens with zero attached hydrogens (tertiary/aromatic N) is 2. The van der Waals surface area contributed by atoms with Crippen molar-refractivity contribution in [2.24, 2.45) is 0 Å². The van der Waals surface area contributed by atoms with E-state index >= 15 is 0 Å². The second-order valence-corrected chi connectivity index (χ2v) is 5.03. The van der Waals surface area contributed by atoms with Crippen molar-refractivity contribution < 1.29 is 14.0 Å². The van der Waals surface area contributed by atoms with E-state index in [0.29, 0.717) is 24.9 Å². The van der Waals surface area contributed by atoms with Crippen molar-refractivity contribution in [2.45, 2.75) is 18.4 Å². The third-order valence-electron chi connectivity index (χ3n) is 3.29. The first kappa shape index (κ1) is 11.8. The minimum Gasteiger partial charge on any atom is -0.381 e. The van der Waals surface area contributed by atoms with E-state index in [1.54, 1.807) is 18.4 Å². The summed E-state index contributed by atoms with van der Waals surface area (Å²) >= 11 is 1.61. The first-order valence-corrected chi connectivity index (χ1v) is 6.78. The van der Waals surface area contributed by atoms with Gasteiger partial charge in [-0.15, -0.1) is 0 Å². The molecule has 0 unspecified atom stereocenters. The van der Waals surface area contributed by atoms with Crippen LogP contribution in [0.25, 0.3) is 11.4 Å². The number of hydrogen-bond acceptors (Lipinski definition) is 6. The van der Waals surface area contributed by atoms with Crippen molar-refractivity contribution >= 4 is 11.3 Å². The summed E-state index contributed by atoms with van der Waals surface area (Å²) in [6.07, 6.45) is 1.49. The highest BCUT2D eigenvalue weighted by atomic mass is 32.1. The number of hydrogen-bond donors (Lipinski definition) is 0. The lowest BCUT2D eigenvalue weighted by Gasteiger charge is -2.32. The molecule has 2 aromatic rings. The van der Waals surface area contributed by atoms with Crippen LogP contribution in [0.5, 0.6) is 0 Å². The highest BCUT2D eigenvalue weighted by Crippen LogP contribution is 2.35. The second-order valence-electron chi connectivity index (χ2n) is 4.25. The molecule has 1 aliphatic heterocycles. The van der Waals surface area contributed by atoms with Crippen LogP contribution in [-0.4, -0.2) is 30.5 Å². The Bertz CT molecular complexity index is 503. The van der Waals surface area contributed by atoms with Gasteiger partial charge in [0.15, 0.2) is 5.60 Å². The molecule has 0 aliphatic carbocycles. The van der Waals surface area contributed by atoms with Gasteiger partial charge in [0, 0.05) is 44.1 Å². The highest BCUT2D eigenvalue weighted by molar-refractivity contribution is 7.08. The molecule has 1 fully saturated rings. The van der Waals surface area contributed by atoms with Gasteiger partial charge in [0.05, 0.1) is 0 Å². The van der Waals surface area contributed by atoms with Gasteiger partial charge in [0.2, 0.25) is 5.82 Å². The lowest BCUT2D eigenvalue weighted by atomic mass is 9.94. The number of methoxy groups -OCH3 is 1. The zero-order chi connectivity index (χ0) is 12.4. The molecule has 6 heteroatoms.